The van der Waals surface area contributed by atoms with E-state index < -0.39 is 5.97 Å². The first-order valence-corrected chi connectivity index (χ1v) is 10.2. The first kappa shape index (κ1) is 21.1. The number of benzene rings is 1. The molecule has 1 aromatic carbocycles. The summed E-state index contributed by atoms with van der Waals surface area (Å²) in [4.78, 5) is 36.6. The van der Waals surface area contributed by atoms with Crippen LogP contribution in [0.25, 0.3) is 0 Å². The lowest BCUT2D eigenvalue weighted by molar-refractivity contribution is -0.136. The van der Waals surface area contributed by atoms with Gasteiger partial charge in [0, 0.05) is 31.3 Å². The van der Waals surface area contributed by atoms with Crippen molar-refractivity contribution < 1.29 is 24.2 Å². The molecular formula is C19H26N2O5S. The summed E-state index contributed by atoms with van der Waals surface area (Å²) in [5.41, 5.74) is 0. The van der Waals surface area contributed by atoms with E-state index in [1.807, 2.05) is 30.3 Å². The topological polar surface area (TPSA) is 95.9 Å². The molecule has 7 nitrogen and oxygen atoms in total. The summed E-state index contributed by atoms with van der Waals surface area (Å²) < 4.78 is 5.56. The van der Waals surface area contributed by atoms with Crippen molar-refractivity contribution in [1.29, 1.82) is 0 Å². The SMILES string of the molecule is O=C(O)CSCCNC(=O)C1CCN(C(=O)CCOc2ccccc2)CC1. The van der Waals surface area contributed by atoms with Crippen LogP contribution >= 0.6 is 11.8 Å². The Balaban J connectivity index is 1.59. The number of likely N-dealkylation sites (tertiary alicyclic amines) is 1. The van der Waals surface area contributed by atoms with E-state index in [4.69, 9.17) is 9.84 Å². The van der Waals surface area contributed by atoms with E-state index in [2.05, 4.69) is 5.32 Å². The molecule has 27 heavy (non-hydrogen) atoms. The van der Waals surface area contributed by atoms with Crippen molar-refractivity contribution in [3.8, 4) is 5.75 Å². The van der Waals surface area contributed by atoms with Gasteiger partial charge >= 0.3 is 5.97 Å². The fraction of sp³-hybridized carbons (Fsp3) is 0.526. The van der Waals surface area contributed by atoms with Gasteiger partial charge in [-0.05, 0) is 25.0 Å². The van der Waals surface area contributed by atoms with Crippen LogP contribution in [-0.2, 0) is 14.4 Å². The van der Waals surface area contributed by atoms with Gasteiger partial charge in [-0.3, -0.25) is 14.4 Å². The maximum atomic E-state index is 12.3. The number of carboxylic acid groups (broad SMARTS) is 1. The zero-order chi connectivity index (χ0) is 19.5. The Kier molecular flexibility index (Phi) is 8.97. The van der Waals surface area contributed by atoms with Gasteiger partial charge in [-0.1, -0.05) is 18.2 Å². The fourth-order valence-corrected chi connectivity index (χ4v) is 3.44. The number of nitrogens with zero attached hydrogens (tertiary/aromatic N) is 1. The normalized spacial score (nSPS) is 14.6. The summed E-state index contributed by atoms with van der Waals surface area (Å²) in [6.45, 7) is 1.97. The molecule has 1 aliphatic rings. The molecule has 2 N–H and O–H groups in total. The van der Waals surface area contributed by atoms with Gasteiger partial charge in [0.1, 0.15) is 5.75 Å². The monoisotopic (exact) mass is 394 g/mol. The van der Waals surface area contributed by atoms with Crippen molar-refractivity contribution in [3.05, 3.63) is 30.3 Å². The molecule has 8 heteroatoms. The Morgan fingerprint density at radius 2 is 1.89 bits per heavy atom. The molecule has 1 saturated heterocycles. The van der Waals surface area contributed by atoms with Crippen LogP contribution in [0.2, 0.25) is 0 Å². The zero-order valence-electron chi connectivity index (χ0n) is 15.3. The first-order valence-electron chi connectivity index (χ1n) is 9.09. The number of carboxylic acids is 1. The quantitative estimate of drug-likeness (QED) is 0.586. The molecule has 0 saturated carbocycles. The second kappa shape index (κ2) is 11.5. The fourth-order valence-electron chi connectivity index (χ4n) is 2.87. The van der Waals surface area contributed by atoms with Gasteiger partial charge in [0.25, 0.3) is 0 Å². The van der Waals surface area contributed by atoms with E-state index >= 15 is 0 Å². The van der Waals surface area contributed by atoms with Gasteiger partial charge in [-0.15, -0.1) is 11.8 Å². The molecular weight excluding hydrogens is 368 g/mol. The van der Waals surface area contributed by atoms with Gasteiger partial charge in [0.2, 0.25) is 11.8 Å². The number of para-hydroxylation sites is 1. The van der Waals surface area contributed by atoms with Crippen LogP contribution in [0.3, 0.4) is 0 Å². The van der Waals surface area contributed by atoms with Crippen LogP contribution in [0.5, 0.6) is 5.75 Å². The van der Waals surface area contributed by atoms with Crippen LogP contribution in [0.15, 0.2) is 30.3 Å². The molecule has 0 atom stereocenters. The molecule has 2 amide bonds. The number of thioether (sulfide) groups is 1. The third kappa shape index (κ3) is 7.90. The third-order valence-electron chi connectivity index (χ3n) is 4.32. The minimum Gasteiger partial charge on any atom is -0.493 e. The summed E-state index contributed by atoms with van der Waals surface area (Å²) in [6.07, 6.45) is 1.63. The number of aliphatic carboxylic acids is 1. The van der Waals surface area contributed by atoms with Crippen LogP contribution in [0, 0.1) is 5.92 Å². The van der Waals surface area contributed by atoms with Crippen molar-refractivity contribution in [1.82, 2.24) is 10.2 Å². The molecule has 1 aromatic rings. The maximum absolute atomic E-state index is 12.3. The van der Waals surface area contributed by atoms with E-state index in [1.165, 1.54) is 11.8 Å². The minimum atomic E-state index is -0.850. The number of piperidine rings is 1. The lowest BCUT2D eigenvalue weighted by Gasteiger charge is -2.31. The van der Waals surface area contributed by atoms with E-state index in [-0.39, 0.29) is 23.5 Å². The Morgan fingerprint density at radius 3 is 2.56 bits per heavy atom. The number of ether oxygens (including phenoxy) is 1. The molecule has 0 aliphatic carbocycles. The lowest BCUT2D eigenvalue weighted by atomic mass is 9.95. The highest BCUT2D eigenvalue weighted by atomic mass is 32.2. The lowest BCUT2D eigenvalue weighted by Crippen LogP contribution is -2.43. The molecule has 1 aliphatic heterocycles. The maximum Gasteiger partial charge on any atom is 0.313 e. The van der Waals surface area contributed by atoms with Gasteiger partial charge in [0.15, 0.2) is 0 Å². The van der Waals surface area contributed by atoms with Gasteiger partial charge in [0.05, 0.1) is 18.8 Å². The van der Waals surface area contributed by atoms with E-state index in [9.17, 15) is 14.4 Å². The van der Waals surface area contributed by atoms with Crippen LogP contribution < -0.4 is 10.1 Å². The molecule has 0 spiro atoms. The van der Waals surface area contributed by atoms with E-state index in [0.29, 0.717) is 51.3 Å². The zero-order valence-corrected chi connectivity index (χ0v) is 16.1. The highest BCUT2D eigenvalue weighted by Gasteiger charge is 2.26. The van der Waals surface area contributed by atoms with E-state index in [1.54, 1.807) is 4.90 Å². The number of hydrogen-bond donors (Lipinski definition) is 2. The Hall–Kier alpha value is -2.22. The van der Waals surface area contributed by atoms with Crippen LogP contribution in [-0.4, -0.2) is 65.5 Å². The molecule has 148 valence electrons. The highest BCUT2D eigenvalue weighted by molar-refractivity contribution is 7.99. The number of rotatable bonds is 10. The predicted molar refractivity (Wildman–Crippen MR) is 104 cm³/mol. The number of amides is 2. The number of carbonyl (C=O) groups excluding carboxylic acids is 2. The van der Waals surface area contributed by atoms with Crippen molar-refractivity contribution in [2.75, 3.05) is 37.7 Å². The van der Waals surface area contributed by atoms with Gasteiger partial charge in [-0.25, -0.2) is 0 Å². The first-order chi connectivity index (χ1) is 13.1. The van der Waals surface area contributed by atoms with Crippen molar-refractivity contribution in [2.24, 2.45) is 5.92 Å². The van der Waals surface area contributed by atoms with Crippen LogP contribution in [0.4, 0.5) is 0 Å². The van der Waals surface area contributed by atoms with Crippen molar-refractivity contribution in [2.45, 2.75) is 19.3 Å². The average Bonchev–Trinajstić information content (AvgIpc) is 2.68. The van der Waals surface area contributed by atoms with E-state index in [0.717, 1.165) is 5.75 Å². The minimum absolute atomic E-state index is 0.00886. The molecule has 2 rings (SSSR count). The Morgan fingerprint density at radius 1 is 1.19 bits per heavy atom. The summed E-state index contributed by atoms with van der Waals surface area (Å²) in [7, 11) is 0. The summed E-state index contributed by atoms with van der Waals surface area (Å²) in [6, 6.07) is 9.40. The molecule has 0 aromatic heterocycles. The molecule has 1 heterocycles. The highest BCUT2D eigenvalue weighted by Crippen LogP contribution is 2.18. The van der Waals surface area contributed by atoms with Crippen molar-refractivity contribution in [3.63, 3.8) is 0 Å². The second-order valence-corrected chi connectivity index (χ2v) is 7.41. The Bertz CT molecular complexity index is 618. The summed E-state index contributed by atoms with van der Waals surface area (Å²) in [5.74, 6) is 0.486. The summed E-state index contributed by atoms with van der Waals surface area (Å²) >= 11 is 1.28. The number of nitrogens with one attached hydrogen (secondary N) is 1. The van der Waals surface area contributed by atoms with Gasteiger partial charge in [-0.2, -0.15) is 0 Å². The summed E-state index contributed by atoms with van der Waals surface area (Å²) in [5, 5.41) is 11.4. The smallest absolute Gasteiger partial charge is 0.313 e. The average molecular weight is 394 g/mol. The van der Waals surface area contributed by atoms with Gasteiger partial charge < -0.3 is 20.1 Å². The standard InChI is InChI=1S/C19H26N2O5S/c22-17(8-12-26-16-4-2-1-3-5-16)21-10-6-15(7-11-21)19(25)20-9-13-27-14-18(23)24/h1-5,15H,6-14H2,(H,20,25)(H,23,24). The Labute approximate surface area is 163 Å². The molecule has 0 unspecified atom stereocenters. The van der Waals surface area contributed by atoms with Crippen molar-refractivity contribution >= 4 is 29.5 Å². The largest absolute Gasteiger partial charge is 0.493 e. The predicted octanol–water partition coefficient (Wildman–Crippen LogP) is 1.63. The second-order valence-electron chi connectivity index (χ2n) is 6.30. The number of hydrogen-bond acceptors (Lipinski definition) is 5. The van der Waals surface area contributed by atoms with Crippen LogP contribution in [0.1, 0.15) is 19.3 Å². The molecule has 0 radical (unpaired) electrons. The third-order valence-corrected chi connectivity index (χ3v) is 5.26. The number of carbonyl (C=O) groups is 3. The molecule has 1 fully saturated rings. The molecule has 0 bridgehead atoms.